The summed E-state index contributed by atoms with van der Waals surface area (Å²) in [5.74, 6) is 0.861. The Kier molecular flexibility index (Phi) is 4.85. The summed E-state index contributed by atoms with van der Waals surface area (Å²) in [6.07, 6.45) is 3.81. The zero-order valence-electron chi connectivity index (χ0n) is 12.9. The van der Waals surface area contributed by atoms with E-state index in [0.29, 0.717) is 11.8 Å². The van der Waals surface area contributed by atoms with Crippen LogP contribution in [0.25, 0.3) is 0 Å². The van der Waals surface area contributed by atoms with E-state index in [9.17, 15) is 4.79 Å². The molecule has 1 amide bonds. The second-order valence-corrected chi connectivity index (χ2v) is 6.42. The summed E-state index contributed by atoms with van der Waals surface area (Å²) >= 11 is 0. The summed E-state index contributed by atoms with van der Waals surface area (Å²) in [6.45, 7) is 11.7. The molecule has 19 heavy (non-hydrogen) atoms. The summed E-state index contributed by atoms with van der Waals surface area (Å²) in [6, 6.07) is 0.823. The number of nitrogens with one attached hydrogen (secondary N) is 1. The first-order chi connectivity index (χ1) is 9.02. The molecule has 110 valence electrons. The molecular weight excluding hydrogens is 238 g/mol. The number of nitrogens with zero attached hydrogens (tertiary/aromatic N) is 2. The van der Waals surface area contributed by atoms with E-state index in [-0.39, 0.29) is 12.2 Å². The molecule has 1 saturated carbocycles. The fourth-order valence-corrected chi connectivity index (χ4v) is 3.06. The molecule has 1 saturated heterocycles. The highest BCUT2D eigenvalue weighted by Gasteiger charge is 2.37. The third-order valence-electron chi connectivity index (χ3n) is 4.30. The van der Waals surface area contributed by atoms with Crippen LogP contribution >= 0.6 is 0 Å². The van der Waals surface area contributed by atoms with Gasteiger partial charge in [0.2, 0.25) is 5.91 Å². The van der Waals surface area contributed by atoms with E-state index in [2.05, 4.69) is 37.9 Å². The zero-order chi connectivity index (χ0) is 14.0. The maximum atomic E-state index is 12.4. The molecule has 2 atom stereocenters. The Bertz CT molecular complexity index is 315. The van der Waals surface area contributed by atoms with Gasteiger partial charge in [0.15, 0.2) is 0 Å². The van der Waals surface area contributed by atoms with Gasteiger partial charge in [-0.2, -0.15) is 0 Å². The van der Waals surface area contributed by atoms with Crippen LogP contribution in [0, 0.1) is 5.92 Å². The average Bonchev–Trinajstić information content (AvgIpc) is 3.13. The number of rotatable bonds is 7. The van der Waals surface area contributed by atoms with E-state index in [1.54, 1.807) is 0 Å². The Hall–Kier alpha value is -0.610. The quantitative estimate of drug-likeness (QED) is 0.762. The molecule has 0 aromatic rings. The molecule has 1 heterocycles. The third-order valence-corrected chi connectivity index (χ3v) is 4.30. The van der Waals surface area contributed by atoms with Crippen LogP contribution in [0.3, 0.4) is 0 Å². The monoisotopic (exact) mass is 267 g/mol. The number of hydrogen-bond acceptors (Lipinski definition) is 3. The first-order valence-corrected chi connectivity index (χ1v) is 7.83. The van der Waals surface area contributed by atoms with Crippen molar-refractivity contribution < 1.29 is 4.79 Å². The highest BCUT2D eigenvalue weighted by molar-refractivity contribution is 5.84. The smallest absolute Gasteiger partial charge is 0.241 e. The topological polar surface area (TPSA) is 35.6 Å². The SMILES string of the molecule is CCN(CCN1C(=O)C(CC(C)C)NC1C)C1CC1. The first kappa shape index (κ1) is 14.8. The first-order valence-electron chi connectivity index (χ1n) is 7.83. The van der Waals surface area contributed by atoms with Crippen molar-refractivity contribution in [3.8, 4) is 0 Å². The van der Waals surface area contributed by atoms with Gasteiger partial charge in [0, 0.05) is 19.1 Å². The molecule has 2 fully saturated rings. The molecule has 2 aliphatic rings. The lowest BCUT2D eigenvalue weighted by molar-refractivity contribution is -0.130. The lowest BCUT2D eigenvalue weighted by Crippen LogP contribution is -2.41. The summed E-state index contributed by atoms with van der Waals surface area (Å²) in [7, 11) is 0. The predicted octanol–water partition coefficient (Wildman–Crippen LogP) is 1.66. The summed E-state index contributed by atoms with van der Waals surface area (Å²) < 4.78 is 0. The van der Waals surface area contributed by atoms with Crippen molar-refractivity contribution in [2.24, 2.45) is 5.92 Å². The fourth-order valence-electron chi connectivity index (χ4n) is 3.06. The molecule has 0 spiro atoms. The maximum absolute atomic E-state index is 12.4. The molecule has 0 radical (unpaired) electrons. The van der Waals surface area contributed by atoms with Crippen LogP contribution in [-0.2, 0) is 4.79 Å². The zero-order valence-corrected chi connectivity index (χ0v) is 12.9. The molecule has 0 aromatic heterocycles. The largest absolute Gasteiger partial charge is 0.325 e. The van der Waals surface area contributed by atoms with Crippen LogP contribution in [0.5, 0.6) is 0 Å². The van der Waals surface area contributed by atoms with Gasteiger partial charge in [0.05, 0.1) is 12.2 Å². The van der Waals surface area contributed by atoms with Gasteiger partial charge in [-0.1, -0.05) is 20.8 Å². The van der Waals surface area contributed by atoms with Gasteiger partial charge in [0.25, 0.3) is 0 Å². The molecule has 4 heteroatoms. The van der Waals surface area contributed by atoms with Gasteiger partial charge in [0.1, 0.15) is 0 Å². The van der Waals surface area contributed by atoms with E-state index in [0.717, 1.165) is 32.1 Å². The van der Waals surface area contributed by atoms with E-state index in [1.807, 2.05) is 4.90 Å². The number of amides is 1. The Morgan fingerprint density at radius 3 is 2.63 bits per heavy atom. The van der Waals surface area contributed by atoms with Gasteiger partial charge < -0.3 is 4.90 Å². The van der Waals surface area contributed by atoms with Crippen molar-refractivity contribution in [1.82, 2.24) is 15.1 Å². The molecule has 1 N–H and O–H groups in total. The van der Waals surface area contributed by atoms with Gasteiger partial charge in [-0.25, -0.2) is 0 Å². The Labute approximate surface area is 117 Å². The van der Waals surface area contributed by atoms with Crippen molar-refractivity contribution >= 4 is 5.91 Å². The minimum absolute atomic E-state index is 0.0333. The van der Waals surface area contributed by atoms with Gasteiger partial charge in [-0.15, -0.1) is 0 Å². The third kappa shape index (κ3) is 3.69. The highest BCUT2D eigenvalue weighted by Crippen LogP contribution is 2.26. The predicted molar refractivity (Wildman–Crippen MR) is 77.8 cm³/mol. The van der Waals surface area contributed by atoms with Crippen LogP contribution in [0.1, 0.15) is 47.0 Å². The van der Waals surface area contributed by atoms with Gasteiger partial charge in [-0.3, -0.25) is 15.0 Å². The van der Waals surface area contributed by atoms with Crippen LogP contribution in [0.4, 0.5) is 0 Å². The van der Waals surface area contributed by atoms with Crippen LogP contribution in [0.15, 0.2) is 0 Å². The van der Waals surface area contributed by atoms with Crippen LogP contribution < -0.4 is 5.32 Å². The second kappa shape index (κ2) is 6.23. The summed E-state index contributed by atoms with van der Waals surface area (Å²) in [4.78, 5) is 16.9. The van der Waals surface area contributed by atoms with E-state index in [4.69, 9.17) is 0 Å². The molecule has 4 nitrogen and oxygen atoms in total. The number of carbonyl (C=O) groups is 1. The molecular formula is C15H29N3O. The van der Waals surface area contributed by atoms with Crippen molar-refractivity contribution in [3.63, 3.8) is 0 Å². The Balaban J connectivity index is 1.83. The van der Waals surface area contributed by atoms with E-state index >= 15 is 0 Å². The summed E-state index contributed by atoms with van der Waals surface area (Å²) in [5, 5.41) is 3.43. The van der Waals surface area contributed by atoms with E-state index in [1.165, 1.54) is 12.8 Å². The number of likely N-dealkylation sites (N-methyl/N-ethyl adjacent to an activating group) is 1. The van der Waals surface area contributed by atoms with Crippen molar-refractivity contribution in [2.75, 3.05) is 19.6 Å². The average molecular weight is 267 g/mol. The molecule has 2 unspecified atom stereocenters. The lowest BCUT2D eigenvalue weighted by Gasteiger charge is -2.26. The number of hydrogen-bond donors (Lipinski definition) is 1. The molecule has 0 bridgehead atoms. The minimum atomic E-state index is 0.0333. The fraction of sp³-hybridized carbons (Fsp3) is 0.933. The highest BCUT2D eigenvalue weighted by atomic mass is 16.2. The standard InChI is InChI=1S/C15H29N3O/c1-5-17(13-6-7-13)8-9-18-12(4)16-14(15(18)19)10-11(2)3/h11-14,16H,5-10H2,1-4H3. The Morgan fingerprint density at radius 2 is 2.11 bits per heavy atom. The van der Waals surface area contributed by atoms with Gasteiger partial charge in [-0.05, 0) is 38.6 Å². The van der Waals surface area contributed by atoms with Crippen LogP contribution in [0.2, 0.25) is 0 Å². The van der Waals surface area contributed by atoms with Gasteiger partial charge >= 0.3 is 0 Å². The molecule has 2 rings (SSSR count). The van der Waals surface area contributed by atoms with E-state index < -0.39 is 0 Å². The minimum Gasteiger partial charge on any atom is -0.325 e. The molecule has 1 aliphatic carbocycles. The molecule has 1 aliphatic heterocycles. The van der Waals surface area contributed by atoms with Crippen molar-refractivity contribution in [2.45, 2.75) is 65.2 Å². The normalized spacial score (nSPS) is 27.9. The van der Waals surface area contributed by atoms with Crippen molar-refractivity contribution in [1.29, 1.82) is 0 Å². The second-order valence-electron chi connectivity index (χ2n) is 6.42. The van der Waals surface area contributed by atoms with Crippen molar-refractivity contribution in [3.05, 3.63) is 0 Å². The number of carbonyl (C=O) groups excluding carboxylic acids is 1. The lowest BCUT2D eigenvalue weighted by atomic mass is 10.0. The summed E-state index contributed by atoms with van der Waals surface area (Å²) in [5.41, 5.74) is 0. The Morgan fingerprint density at radius 1 is 1.42 bits per heavy atom. The molecule has 0 aromatic carbocycles. The maximum Gasteiger partial charge on any atom is 0.241 e. The van der Waals surface area contributed by atoms with Crippen LogP contribution in [-0.4, -0.2) is 53.6 Å².